The number of carbonyl (C=O) groups is 1. The molecule has 174 valence electrons. The quantitative estimate of drug-likeness (QED) is 0.623. The van der Waals surface area contributed by atoms with Crippen LogP contribution < -0.4 is 9.47 Å². The molecule has 0 N–H and O–H groups in total. The van der Waals surface area contributed by atoms with E-state index in [-0.39, 0.29) is 23.9 Å². The van der Waals surface area contributed by atoms with Crippen LogP contribution in [0.3, 0.4) is 0 Å². The summed E-state index contributed by atoms with van der Waals surface area (Å²) in [5.41, 5.74) is 1.62. The normalized spacial score (nSPS) is 20.0. The molecular formula is C24H26N2O6S. The largest absolute Gasteiger partial charge is 0.486 e. The molecule has 2 aromatic rings. The molecule has 1 unspecified atom stereocenters. The molecule has 33 heavy (non-hydrogen) atoms. The fraction of sp³-hybridized carbons (Fsp3) is 0.375. The summed E-state index contributed by atoms with van der Waals surface area (Å²) in [6.45, 7) is 3.94. The Morgan fingerprint density at radius 2 is 1.58 bits per heavy atom. The highest BCUT2D eigenvalue weighted by Gasteiger charge is 2.44. The minimum absolute atomic E-state index is 0.133. The SMILES string of the molecule is COC(C)(C(=O)N1CC2=C(C1)CN(S(=O)(=O)c1ccc3c(c1)OCCO3)C2)c1ccccc1. The topological polar surface area (TPSA) is 85.4 Å². The summed E-state index contributed by atoms with van der Waals surface area (Å²) in [4.78, 5) is 15.3. The average molecular weight is 471 g/mol. The molecule has 3 heterocycles. The van der Waals surface area contributed by atoms with Crippen LogP contribution in [-0.2, 0) is 25.2 Å². The fourth-order valence-electron chi connectivity index (χ4n) is 4.58. The van der Waals surface area contributed by atoms with Gasteiger partial charge >= 0.3 is 0 Å². The molecule has 3 aliphatic heterocycles. The van der Waals surface area contributed by atoms with Gasteiger partial charge in [0.05, 0.1) is 4.90 Å². The standard InChI is InChI=1S/C24H26N2O6S/c1-24(30-2,19-6-4-3-5-7-19)23(27)25-13-17-15-26(16-18(17)14-25)33(28,29)20-8-9-21-22(12-20)32-11-10-31-21/h3-9,12H,10-11,13-16H2,1-2H3. The molecule has 0 saturated heterocycles. The first kappa shape index (κ1) is 21.9. The minimum Gasteiger partial charge on any atom is -0.486 e. The van der Waals surface area contributed by atoms with Gasteiger partial charge in [-0.2, -0.15) is 4.31 Å². The van der Waals surface area contributed by atoms with Crippen molar-refractivity contribution in [1.82, 2.24) is 9.21 Å². The van der Waals surface area contributed by atoms with Crippen LogP contribution in [0, 0.1) is 0 Å². The molecule has 0 saturated carbocycles. The van der Waals surface area contributed by atoms with Gasteiger partial charge in [-0.3, -0.25) is 4.79 Å². The number of benzene rings is 2. The summed E-state index contributed by atoms with van der Waals surface area (Å²) in [5, 5.41) is 0. The Hall–Kier alpha value is -2.88. The van der Waals surface area contributed by atoms with Gasteiger partial charge in [-0.15, -0.1) is 0 Å². The van der Waals surface area contributed by atoms with E-state index in [4.69, 9.17) is 14.2 Å². The van der Waals surface area contributed by atoms with Crippen molar-refractivity contribution in [3.05, 3.63) is 65.2 Å². The van der Waals surface area contributed by atoms with E-state index in [1.54, 1.807) is 24.0 Å². The van der Waals surface area contributed by atoms with E-state index in [2.05, 4.69) is 0 Å². The van der Waals surface area contributed by atoms with Gasteiger partial charge in [0, 0.05) is 39.4 Å². The predicted molar refractivity (Wildman–Crippen MR) is 121 cm³/mol. The third-order valence-electron chi connectivity index (χ3n) is 6.58. The van der Waals surface area contributed by atoms with Gasteiger partial charge in [-0.25, -0.2) is 8.42 Å². The van der Waals surface area contributed by atoms with Crippen molar-refractivity contribution in [3.63, 3.8) is 0 Å². The Bertz CT molecular complexity index is 1210. The average Bonchev–Trinajstić information content (AvgIpc) is 3.43. The molecule has 2 aromatic carbocycles. The van der Waals surface area contributed by atoms with E-state index in [0.717, 1.165) is 16.7 Å². The van der Waals surface area contributed by atoms with Gasteiger partial charge in [-0.05, 0) is 35.8 Å². The summed E-state index contributed by atoms with van der Waals surface area (Å²) in [5.74, 6) is 0.862. The van der Waals surface area contributed by atoms with Crippen LogP contribution in [0.25, 0.3) is 0 Å². The van der Waals surface area contributed by atoms with Gasteiger partial charge in [0.1, 0.15) is 13.2 Å². The van der Waals surface area contributed by atoms with Crippen LogP contribution in [0.1, 0.15) is 12.5 Å². The van der Waals surface area contributed by atoms with Crippen LogP contribution in [0.5, 0.6) is 11.5 Å². The molecule has 0 aromatic heterocycles. The van der Waals surface area contributed by atoms with Crippen LogP contribution in [0.15, 0.2) is 64.6 Å². The lowest BCUT2D eigenvalue weighted by Gasteiger charge is -2.33. The van der Waals surface area contributed by atoms with Crippen molar-refractivity contribution in [3.8, 4) is 11.5 Å². The first-order chi connectivity index (χ1) is 15.8. The number of sulfonamides is 1. The molecule has 5 rings (SSSR count). The number of hydrogen-bond acceptors (Lipinski definition) is 6. The molecule has 0 aliphatic carbocycles. The fourth-order valence-corrected chi connectivity index (χ4v) is 6.02. The molecular weight excluding hydrogens is 444 g/mol. The van der Waals surface area contributed by atoms with Crippen molar-refractivity contribution in [2.24, 2.45) is 0 Å². The zero-order valence-corrected chi connectivity index (χ0v) is 19.4. The summed E-state index contributed by atoms with van der Waals surface area (Å²) in [6.07, 6.45) is 0. The number of hydrogen-bond donors (Lipinski definition) is 0. The monoisotopic (exact) mass is 470 g/mol. The molecule has 8 nitrogen and oxygen atoms in total. The van der Waals surface area contributed by atoms with E-state index >= 15 is 0 Å². The first-order valence-corrected chi connectivity index (χ1v) is 12.3. The first-order valence-electron chi connectivity index (χ1n) is 10.8. The highest BCUT2D eigenvalue weighted by Crippen LogP contribution is 2.36. The Morgan fingerprint density at radius 3 is 2.21 bits per heavy atom. The van der Waals surface area contributed by atoms with E-state index in [1.807, 2.05) is 30.3 Å². The second-order valence-corrected chi connectivity index (χ2v) is 10.5. The smallest absolute Gasteiger partial charge is 0.259 e. The summed E-state index contributed by atoms with van der Waals surface area (Å²) >= 11 is 0. The van der Waals surface area contributed by atoms with Crippen molar-refractivity contribution < 1.29 is 27.4 Å². The van der Waals surface area contributed by atoms with Gasteiger partial charge in [0.25, 0.3) is 5.91 Å². The second-order valence-electron chi connectivity index (χ2n) is 8.55. The summed E-state index contributed by atoms with van der Waals surface area (Å²) in [7, 11) is -2.17. The van der Waals surface area contributed by atoms with Crippen LogP contribution >= 0.6 is 0 Å². The van der Waals surface area contributed by atoms with Gasteiger partial charge in [-0.1, -0.05) is 30.3 Å². The number of ether oxygens (including phenoxy) is 3. The lowest BCUT2D eigenvalue weighted by Crippen LogP contribution is -2.47. The van der Waals surface area contributed by atoms with Crippen LogP contribution in [-0.4, -0.2) is 70.0 Å². The highest BCUT2D eigenvalue weighted by molar-refractivity contribution is 7.89. The highest BCUT2D eigenvalue weighted by atomic mass is 32.2. The van der Waals surface area contributed by atoms with Gasteiger partial charge in [0.2, 0.25) is 10.0 Å². The Labute approximate surface area is 193 Å². The van der Waals surface area contributed by atoms with Crippen molar-refractivity contribution in [2.45, 2.75) is 17.4 Å². The number of rotatable bonds is 5. The lowest BCUT2D eigenvalue weighted by molar-refractivity contribution is -0.153. The number of carbonyl (C=O) groups excluding carboxylic acids is 1. The van der Waals surface area contributed by atoms with Gasteiger partial charge < -0.3 is 19.1 Å². The molecule has 3 aliphatic rings. The molecule has 0 fully saturated rings. The van der Waals surface area contributed by atoms with Crippen LogP contribution in [0.4, 0.5) is 0 Å². The van der Waals surface area contributed by atoms with Crippen molar-refractivity contribution >= 4 is 15.9 Å². The van der Waals surface area contributed by atoms with E-state index in [0.29, 0.717) is 37.8 Å². The molecule has 1 atom stereocenters. The molecule has 0 spiro atoms. The number of methoxy groups -OCH3 is 1. The number of nitrogens with zero attached hydrogens (tertiary/aromatic N) is 2. The lowest BCUT2D eigenvalue weighted by atomic mass is 9.94. The number of fused-ring (bicyclic) bond motifs is 1. The molecule has 9 heteroatoms. The second kappa shape index (κ2) is 8.16. The maximum Gasteiger partial charge on any atom is 0.259 e. The number of amides is 1. The van der Waals surface area contributed by atoms with Crippen LogP contribution in [0.2, 0.25) is 0 Å². The maximum absolute atomic E-state index is 13.4. The van der Waals surface area contributed by atoms with Crippen molar-refractivity contribution in [2.75, 3.05) is 46.5 Å². The zero-order chi connectivity index (χ0) is 23.2. The Morgan fingerprint density at radius 1 is 0.939 bits per heavy atom. The van der Waals surface area contributed by atoms with E-state index in [1.165, 1.54) is 17.5 Å². The molecule has 0 radical (unpaired) electrons. The third kappa shape index (κ3) is 3.70. The zero-order valence-electron chi connectivity index (χ0n) is 18.6. The minimum atomic E-state index is -3.70. The summed E-state index contributed by atoms with van der Waals surface area (Å²) in [6, 6.07) is 14.1. The van der Waals surface area contributed by atoms with Crippen molar-refractivity contribution in [1.29, 1.82) is 0 Å². The molecule has 1 amide bonds. The van der Waals surface area contributed by atoms with Gasteiger partial charge in [0.15, 0.2) is 17.1 Å². The maximum atomic E-state index is 13.4. The Kier molecular flexibility index (Phi) is 5.43. The Balaban J connectivity index is 1.29. The predicted octanol–water partition coefficient (Wildman–Crippen LogP) is 2.16. The summed E-state index contributed by atoms with van der Waals surface area (Å²) < 4.78 is 44.7. The third-order valence-corrected chi connectivity index (χ3v) is 8.37. The van der Waals surface area contributed by atoms with E-state index < -0.39 is 15.6 Å². The molecule has 0 bridgehead atoms. The van der Waals surface area contributed by atoms with E-state index in [9.17, 15) is 13.2 Å².